The predicted molar refractivity (Wildman–Crippen MR) is 100 cm³/mol. The maximum Gasteiger partial charge on any atom is 0.339 e. The van der Waals surface area contributed by atoms with E-state index in [1.165, 1.54) is 6.07 Å². The minimum atomic E-state index is -3.98. The lowest BCUT2D eigenvalue weighted by Gasteiger charge is -2.10. The van der Waals surface area contributed by atoms with Crippen LogP contribution in [0.5, 0.6) is 11.5 Å². The number of pyridine rings is 1. The topological polar surface area (TPSA) is 65.5 Å². The van der Waals surface area contributed by atoms with E-state index in [1.54, 1.807) is 49.7 Å². The smallest absolute Gasteiger partial charge is 0.339 e. The molecule has 0 bridgehead atoms. The van der Waals surface area contributed by atoms with Gasteiger partial charge < -0.3 is 8.92 Å². The van der Waals surface area contributed by atoms with E-state index < -0.39 is 10.1 Å². The molecule has 0 N–H and O–H groups in total. The van der Waals surface area contributed by atoms with E-state index in [9.17, 15) is 8.42 Å². The first kappa shape index (κ1) is 16.4. The number of benzene rings is 3. The Balaban J connectivity index is 1.75. The highest BCUT2D eigenvalue weighted by Gasteiger charge is 2.19. The van der Waals surface area contributed by atoms with Crippen LogP contribution in [0.4, 0.5) is 0 Å². The Kier molecular flexibility index (Phi) is 3.97. The van der Waals surface area contributed by atoms with Crippen LogP contribution in [-0.2, 0) is 10.1 Å². The molecule has 26 heavy (non-hydrogen) atoms. The number of rotatable bonds is 4. The van der Waals surface area contributed by atoms with Gasteiger partial charge >= 0.3 is 10.1 Å². The fourth-order valence-electron chi connectivity index (χ4n) is 2.79. The summed E-state index contributed by atoms with van der Waals surface area (Å²) in [6.45, 7) is 0. The van der Waals surface area contributed by atoms with Crippen molar-refractivity contribution in [1.29, 1.82) is 0 Å². The fraction of sp³-hybridized carbons (Fsp3) is 0.0500. The second-order valence-corrected chi connectivity index (χ2v) is 7.29. The number of ether oxygens (including phenoxy) is 1. The molecule has 0 aliphatic carbocycles. The van der Waals surface area contributed by atoms with Crippen LogP contribution in [-0.4, -0.2) is 20.5 Å². The van der Waals surface area contributed by atoms with Gasteiger partial charge in [-0.1, -0.05) is 30.3 Å². The molecule has 0 atom stereocenters. The van der Waals surface area contributed by atoms with Crippen LogP contribution in [0.15, 0.2) is 77.8 Å². The van der Waals surface area contributed by atoms with Crippen molar-refractivity contribution in [2.75, 3.05) is 7.11 Å². The standard InChI is InChI=1S/C20H15NO4S/c1-24-17-9-7-16-13-18(10-8-15(16)12-17)26(22,23)25-19-6-2-4-14-5-3-11-21-20(14)19/h2-13H,1H3. The summed E-state index contributed by atoms with van der Waals surface area (Å²) in [5.74, 6) is 0.920. The molecule has 0 aliphatic heterocycles. The van der Waals surface area contributed by atoms with Crippen LogP contribution < -0.4 is 8.92 Å². The van der Waals surface area contributed by atoms with Gasteiger partial charge in [-0.25, -0.2) is 0 Å². The molecule has 1 heterocycles. The summed E-state index contributed by atoms with van der Waals surface area (Å²) < 4.78 is 36.0. The van der Waals surface area contributed by atoms with Gasteiger partial charge in [-0.05, 0) is 47.2 Å². The van der Waals surface area contributed by atoms with Gasteiger partial charge in [0, 0.05) is 11.6 Å². The van der Waals surface area contributed by atoms with Gasteiger partial charge in [0.05, 0.1) is 7.11 Å². The molecule has 0 unspecified atom stereocenters. The molecular formula is C20H15NO4S. The highest BCUT2D eigenvalue weighted by Crippen LogP contribution is 2.28. The summed E-state index contributed by atoms with van der Waals surface area (Å²) in [6, 6.07) is 19.1. The van der Waals surface area contributed by atoms with Crippen molar-refractivity contribution in [2.24, 2.45) is 0 Å². The molecule has 0 amide bonds. The number of methoxy groups -OCH3 is 1. The summed E-state index contributed by atoms with van der Waals surface area (Å²) in [4.78, 5) is 4.31. The normalized spacial score (nSPS) is 11.6. The van der Waals surface area contributed by atoms with Gasteiger partial charge in [-0.15, -0.1) is 0 Å². The first-order chi connectivity index (χ1) is 12.6. The maximum atomic E-state index is 12.7. The number of fused-ring (bicyclic) bond motifs is 2. The minimum Gasteiger partial charge on any atom is -0.497 e. The Morgan fingerprint density at radius 2 is 1.62 bits per heavy atom. The predicted octanol–water partition coefficient (Wildman–Crippen LogP) is 4.16. The molecule has 4 rings (SSSR count). The maximum absolute atomic E-state index is 12.7. The summed E-state index contributed by atoms with van der Waals surface area (Å²) in [5.41, 5.74) is 0.504. The quantitative estimate of drug-likeness (QED) is 0.508. The van der Waals surface area contributed by atoms with Crippen molar-refractivity contribution in [2.45, 2.75) is 4.90 Å². The van der Waals surface area contributed by atoms with Crippen molar-refractivity contribution in [3.8, 4) is 11.5 Å². The molecule has 0 saturated heterocycles. The lowest BCUT2D eigenvalue weighted by molar-refractivity contribution is 0.415. The fourth-order valence-corrected chi connectivity index (χ4v) is 3.77. The van der Waals surface area contributed by atoms with E-state index in [1.807, 2.05) is 24.3 Å². The van der Waals surface area contributed by atoms with Gasteiger partial charge in [0.25, 0.3) is 0 Å². The highest BCUT2D eigenvalue weighted by atomic mass is 32.2. The zero-order valence-corrected chi connectivity index (χ0v) is 14.7. The lowest BCUT2D eigenvalue weighted by atomic mass is 10.1. The molecule has 4 aromatic rings. The molecule has 0 saturated carbocycles. The average molecular weight is 365 g/mol. The van der Waals surface area contributed by atoms with Crippen LogP contribution in [0, 0.1) is 0 Å². The van der Waals surface area contributed by atoms with Crippen molar-refractivity contribution in [3.05, 3.63) is 72.9 Å². The Hall–Kier alpha value is -3.12. The Bertz CT molecular complexity index is 1210. The largest absolute Gasteiger partial charge is 0.497 e. The Morgan fingerprint density at radius 3 is 2.46 bits per heavy atom. The van der Waals surface area contributed by atoms with Crippen molar-refractivity contribution >= 4 is 31.8 Å². The molecule has 3 aromatic carbocycles. The molecule has 5 nitrogen and oxygen atoms in total. The monoisotopic (exact) mass is 365 g/mol. The molecule has 0 radical (unpaired) electrons. The third kappa shape index (κ3) is 2.95. The molecule has 6 heteroatoms. The van der Waals surface area contributed by atoms with Gasteiger partial charge in [-0.2, -0.15) is 8.42 Å². The second kappa shape index (κ2) is 6.31. The number of nitrogens with zero attached hydrogens (tertiary/aromatic N) is 1. The highest BCUT2D eigenvalue weighted by molar-refractivity contribution is 7.87. The van der Waals surface area contributed by atoms with E-state index in [-0.39, 0.29) is 10.6 Å². The summed E-state index contributed by atoms with van der Waals surface area (Å²) in [6.07, 6.45) is 1.60. The Labute approximate surface area is 150 Å². The van der Waals surface area contributed by atoms with Crippen molar-refractivity contribution in [1.82, 2.24) is 4.98 Å². The van der Waals surface area contributed by atoms with Crippen LogP contribution in [0.2, 0.25) is 0 Å². The van der Waals surface area contributed by atoms with Gasteiger partial charge in [0.1, 0.15) is 16.2 Å². The molecule has 1 aromatic heterocycles. The third-order valence-electron chi connectivity index (χ3n) is 4.10. The summed E-state index contributed by atoms with van der Waals surface area (Å²) in [5, 5.41) is 2.48. The SMILES string of the molecule is COc1ccc2cc(S(=O)(=O)Oc3cccc4cccnc34)ccc2c1. The lowest BCUT2D eigenvalue weighted by Crippen LogP contribution is -2.10. The van der Waals surface area contributed by atoms with Gasteiger partial charge in [-0.3, -0.25) is 4.98 Å². The van der Waals surface area contributed by atoms with Crippen LogP contribution >= 0.6 is 0 Å². The first-order valence-corrected chi connectivity index (χ1v) is 9.34. The van der Waals surface area contributed by atoms with E-state index in [2.05, 4.69) is 4.98 Å². The number of aromatic nitrogens is 1. The molecule has 0 aliphatic rings. The van der Waals surface area contributed by atoms with Gasteiger partial charge in [0.15, 0.2) is 5.75 Å². The molecule has 0 spiro atoms. The van der Waals surface area contributed by atoms with E-state index >= 15 is 0 Å². The van der Waals surface area contributed by atoms with Crippen LogP contribution in [0.1, 0.15) is 0 Å². The second-order valence-electron chi connectivity index (χ2n) is 5.74. The van der Waals surface area contributed by atoms with Crippen LogP contribution in [0.25, 0.3) is 21.7 Å². The summed E-state index contributed by atoms with van der Waals surface area (Å²) >= 11 is 0. The third-order valence-corrected chi connectivity index (χ3v) is 5.33. The number of para-hydroxylation sites is 1. The molecular weight excluding hydrogens is 350 g/mol. The van der Waals surface area contributed by atoms with Gasteiger partial charge in [0.2, 0.25) is 0 Å². The Morgan fingerprint density at radius 1 is 0.846 bits per heavy atom. The number of hydrogen-bond acceptors (Lipinski definition) is 5. The zero-order valence-electron chi connectivity index (χ0n) is 13.9. The van der Waals surface area contributed by atoms with E-state index in [0.29, 0.717) is 11.3 Å². The molecule has 130 valence electrons. The van der Waals surface area contributed by atoms with E-state index in [4.69, 9.17) is 8.92 Å². The van der Waals surface area contributed by atoms with Crippen molar-refractivity contribution < 1.29 is 17.3 Å². The van der Waals surface area contributed by atoms with E-state index in [0.717, 1.165) is 16.2 Å². The summed E-state index contributed by atoms with van der Waals surface area (Å²) in [7, 11) is -2.39. The van der Waals surface area contributed by atoms with Crippen LogP contribution in [0.3, 0.4) is 0 Å². The minimum absolute atomic E-state index is 0.0862. The number of hydrogen-bond donors (Lipinski definition) is 0. The molecule has 0 fully saturated rings. The first-order valence-electron chi connectivity index (χ1n) is 7.93. The average Bonchev–Trinajstić information content (AvgIpc) is 2.67. The van der Waals surface area contributed by atoms with Crippen molar-refractivity contribution in [3.63, 3.8) is 0 Å². The zero-order chi connectivity index (χ0) is 18.1.